The van der Waals surface area contributed by atoms with E-state index in [9.17, 15) is 4.57 Å². The highest BCUT2D eigenvalue weighted by Gasteiger charge is 2.12. The average Bonchev–Trinajstić information content (AvgIpc) is 1.93. The van der Waals surface area contributed by atoms with Crippen molar-refractivity contribution < 1.29 is 14.0 Å². The molecule has 0 aliphatic heterocycles. The van der Waals surface area contributed by atoms with Crippen LogP contribution in [0.1, 0.15) is 27.7 Å². The topological polar surface area (TPSA) is 46.5 Å². The van der Waals surface area contributed by atoms with Crippen molar-refractivity contribution in [3.05, 3.63) is 0 Å². The smallest absolute Gasteiger partial charge is 0.324 e. The second-order valence-electron chi connectivity index (χ2n) is 1.37. The second-order valence-corrected chi connectivity index (χ2v) is 3.54. The molecule has 0 saturated heterocycles. The maximum absolute atomic E-state index is 10.5. The van der Waals surface area contributed by atoms with Crippen LogP contribution in [0.5, 0.6) is 0 Å². The van der Waals surface area contributed by atoms with E-state index < -0.39 is 7.60 Å². The summed E-state index contributed by atoms with van der Waals surface area (Å²) in [7, 11) is -3.17. The highest BCUT2D eigenvalue weighted by atomic mass is 31.2. The van der Waals surface area contributed by atoms with E-state index in [1.165, 1.54) is 0 Å². The molecule has 0 amide bonds. The zero-order chi connectivity index (χ0) is 8.62. The molecule has 1 unspecified atom stereocenters. The third kappa shape index (κ3) is 8.15. The van der Waals surface area contributed by atoms with E-state index >= 15 is 0 Å². The summed E-state index contributed by atoms with van der Waals surface area (Å²) in [5.41, 5.74) is 0. The van der Waals surface area contributed by atoms with Gasteiger partial charge in [0.2, 0.25) is 0 Å². The first kappa shape index (κ1) is 12.8. The Kier molecular flexibility index (Phi) is 9.29. The molecule has 0 saturated carbocycles. The summed E-state index contributed by atoms with van der Waals surface area (Å²) in [5.74, 6) is 0. The lowest BCUT2D eigenvalue weighted by Gasteiger charge is -2.05. The van der Waals surface area contributed by atoms with Crippen molar-refractivity contribution in [2.24, 2.45) is 0 Å². The van der Waals surface area contributed by atoms with Crippen molar-refractivity contribution in [1.82, 2.24) is 0 Å². The lowest BCUT2D eigenvalue weighted by atomic mass is 10.9. The zero-order valence-electron chi connectivity index (χ0n) is 7.13. The molecule has 0 rings (SSSR count). The van der Waals surface area contributed by atoms with Crippen molar-refractivity contribution in [3.8, 4) is 0 Å². The average molecular weight is 168 g/mol. The SMILES string of the molecule is CC.CCOP(=O)(O)CC. The molecule has 0 radical (unpaired) electrons. The lowest BCUT2D eigenvalue weighted by molar-refractivity contribution is 0.275. The van der Waals surface area contributed by atoms with Crippen LogP contribution in [0.3, 0.4) is 0 Å². The second kappa shape index (κ2) is 7.26. The molecule has 0 aromatic rings. The minimum atomic E-state index is -3.17. The summed E-state index contributed by atoms with van der Waals surface area (Å²) in [4.78, 5) is 8.66. The molecular weight excluding hydrogens is 151 g/mol. The fraction of sp³-hybridized carbons (Fsp3) is 1.00. The summed E-state index contributed by atoms with van der Waals surface area (Å²) in [6.45, 7) is 7.62. The first-order valence-electron chi connectivity index (χ1n) is 3.58. The number of rotatable bonds is 3. The van der Waals surface area contributed by atoms with Gasteiger partial charge in [-0.1, -0.05) is 20.8 Å². The van der Waals surface area contributed by atoms with Crippen LogP contribution in [0, 0.1) is 0 Å². The fourth-order valence-corrected chi connectivity index (χ4v) is 0.879. The minimum absolute atomic E-state index is 0.195. The maximum Gasteiger partial charge on any atom is 0.327 e. The van der Waals surface area contributed by atoms with E-state index in [2.05, 4.69) is 4.52 Å². The summed E-state index contributed by atoms with van der Waals surface area (Å²) >= 11 is 0. The van der Waals surface area contributed by atoms with Crippen LogP contribution >= 0.6 is 7.60 Å². The lowest BCUT2D eigenvalue weighted by Crippen LogP contribution is -1.89. The number of hydrogen-bond donors (Lipinski definition) is 1. The van der Waals surface area contributed by atoms with Gasteiger partial charge in [-0.25, -0.2) is 0 Å². The maximum atomic E-state index is 10.5. The first-order chi connectivity index (χ1) is 4.62. The van der Waals surface area contributed by atoms with Crippen LogP contribution in [0.15, 0.2) is 0 Å². The molecule has 0 aromatic carbocycles. The molecule has 1 atom stereocenters. The van der Waals surface area contributed by atoms with Crippen molar-refractivity contribution in [1.29, 1.82) is 0 Å². The molecule has 4 heteroatoms. The molecule has 0 aliphatic carbocycles. The molecule has 1 N–H and O–H groups in total. The van der Waals surface area contributed by atoms with E-state index in [4.69, 9.17) is 4.89 Å². The van der Waals surface area contributed by atoms with Gasteiger partial charge in [-0.15, -0.1) is 0 Å². The molecule has 0 fully saturated rings. The molecular formula is C6H17O3P. The van der Waals surface area contributed by atoms with Crippen molar-refractivity contribution in [2.45, 2.75) is 27.7 Å². The quantitative estimate of drug-likeness (QED) is 0.657. The molecule has 0 aromatic heterocycles. The molecule has 0 bridgehead atoms. The van der Waals surface area contributed by atoms with Gasteiger partial charge in [0.15, 0.2) is 0 Å². The van der Waals surface area contributed by atoms with Gasteiger partial charge in [0.1, 0.15) is 0 Å². The van der Waals surface area contributed by atoms with Gasteiger partial charge >= 0.3 is 7.60 Å². The van der Waals surface area contributed by atoms with Crippen molar-refractivity contribution in [3.63, 3.8) is 0 Å². The predicted molar refractivity (Wildman–Crippen MR) is 43.3 cm³/mol. The molecule has 0 aliphatic rings. The molecule has 64 valence electrons. The monoisotopic (exact) mass is 168 g/mol. The molecule has 10 heavy (non-hydrogen) atoms. The fourth-order valence-electron chi connectivity index (χ4n) is 0.293. The molecule has 0 heterocycles. The van der Waals surface area contributed by atoms with Crippen LogP contribution in [0.4, 0.5) is 0 Å². The Morgan fingerprint density at radius 3 is 1.90 bits per heavy atom. The molecule has 0 spiro atoms. The Bertz CT molecular complexity index is 103. The largest absolute Gasteiger partial charge is 0.327 e. The van der Waals surface area contributed by atoms with Gasteiger partial charge in [0, 0.05) is 6.16 Å². The van der Waals surface area contributed by atoms with E-state index in [0.717, 1.165) is 0 Å². The number of hydrogen-bond acceptors (Lipinski definition) is 2. The Hall–Kier alpha value is 0.150. The standard InChI is InChI=1S/C4H11O3P.C2H6/c1-3-7-8(5,6)4-2;1-2/h3-4H2,1-2H3,(H,5,6);1-2H3. The van der Waals surface area contributed by atoms with Gasteiger partial charge in [-0.2, -0.15) is 0 Å². The third-order valence-corrected chi connectivity index (χ3v) is 2.19. The summed E-state index contributed by atoms with van der Waals surface area (Å²) < 4.78 is 15.0. The first-order valence-corrected chi connectivity index (χ1v) is 5.35. The van der Waals surface area contributed by atoms with Crippen LogP contribution in [-0.2, 0) is 9.09 Å². The van der Waals surface area contributed by atoms with Crippen LogP contribution < -0.4 is 0 Å². The Morgan fingerprint density at radius 2 is 1.80 bits per heavy atom. The van der Waals surface area contributed by atoms with Gasteiger partial charge in [-0.3, -0.25) is 4.57 Å². The summed E-state index contributed by atoms with van der Waals surface area (Å²) in [6, 6.07) is 0. The van der Waals surface area contributed by atoms with Crippen molar-refractivity contribution in [2.75, 3.05) is 12.8 Å². The molecule has 3 nitrogen and oxygen atoms in total. The zero-order valence-corrected chi connectivity index (χ0v) is 8.02. The van der Waals surface area contributed by atoms with Crippen molar-refractivity contribution >= 4 is 7.60 Å². The third-order valence-electron chi connectivity index (χ3n) is 0.730. The highest BCUT2D eigenvalue weighted by Crippen LogP contribution is 2.40. The van der Waals surface area contributed by atoms with Gasteiger partial charge in [0.05, 0.1) is 6.61 Å². The van der Waals surface area contributed by atoms with Crippen LogP contribution in [-0.4, -0.2) is 17.7 Å². The van der Waals surface area contributed by atoms with E-state index in [-0.39, 0.29) is 6.16 Å². The van der Waals surface area contributed by atoms with Gasteiger partial charge < -0.3 is 9.42 Å². The van der Waals surface area contributed by atoms with Crippen LogP contribution in [0.2, 0.25) is 0 Å². The predicted octanol–water partition coefficient (Wildman–Crippen LogP) is 2.25. The Balaban J connectivity index is 0. The summed E-state index contributed by atoms with van der Waals surface area (Å²) in [5, 5.41) is 0. The van der Waals surface area contributed by atoms with Crippen LogP contribution in [0.25, 0.3) is 0 Å². The van der Waals surface area contributed by atoms with Gasteiger partial charge in [-0.05, 0) is 6.92 Å². The van der Waals surface area contributed by atoms with Gasteiger partial charge in [0.25, 0.3) is 0 Å². The Labute approximate surface area is 62.9 Å². The van der Waals surface area contributed by atoms with E-state index in [1.54, 1.807) is 13.8 Å². The minimum Gasteiger partial charge on any atom is -0.324 e. The highest BCUT2D eigenvalue weighted by molar-refractivity contribution is 7.52. The van der Waals surface area contributed by atoms with E-state index in [0.29, 0.717) is 6.61 Å². The van der Waals surface area contributed by atoms with E-state index in [1.807, 2.05) is 13.8 Å². The summed E-state index contributed by atoms with van der Waals surface area (Å²) in [6.07, 6.45) is 0.195. The Morgan fingerprint density at radius 1 is 1.40 bits per heavy atom. The normalized spacial score (nSPS) is 14.9.